The Hall–Kier alpha value is -0.980. The fraction of sp³-hybridized carbons (Fsp3) is 0.538. The van der Waals surface area contributed by atoms with Crippen LogP contribution in [0.15, 0.2) is 12.1 Å². The highest BCUT2D eigenvalue weighted by Gasteiger charge is 2.16. The van der Waals surface area contributed by atoms with Crippen molar-refractivity contribution < 1.29 is 0 Å². The van der Waals surface area contributed by atoms with Crippen LogP contribution < -0.4 is 4.90 Å². The Balaban J connectivity index is 2.40. The van der Waals surface area contributed by atoms with E-state index in [1.54, 1.807) is 0 Å². The summed E-state index contributed by atoms with van der Waals surface area (Å²) < 4.78 is 0. The third-order valence-corrected chi connectivity index (χ3v) is 3.06. The van der Waals surface area contributed by atoms with Gasteiger partial charge >= 0.3 is 0 Å². The zero-order valence-electron chi connectivity index (χ0n) is 9.43. The minimum absolute atomic E-state index is 1.24. The predicted octanol–water partition coefficient (Wildman–Crippen LogP) is 3.21. The summed E-state index contributed by atoms with van der Waals surface area (Å²) in [6.45, 7) is 9.12. The molecule has 1 aliphatic rings. The van der Waals surface area contributed by atoms with Gasteiger partial charge in [-0.3, -0.25) is 0 Å². The molecule has 0 aromatic heterocycles. The van der Waals surface area contributed by atoms with Crippen LogP contribution in [-0.2, 0) is 0 Å². The van der Waals surface area contributed by atoms with E-state index in [1.165, 1.54) is 48.3 Å². The summed E-state index contributed by atoms with van der Waals surface area (Å²) in [5, 5.41) is 0. The zero-order valence-corrected chi connectivity index (χ0v) is 9.43. The molecule has 1 saturated heterocycles. The Labute approximate surface area is 86.7 Å². The van der Waals surface area contributed by atoms with Gasteiger partial charge in [0.1, 0.15) is 0 Å². The fourth-order valence-corrected chi connectivity index (χ4v) is 2.61. The van der Waals surface area contributed by atoms with Crippen molar-refractivity contribution in [3.05, 3.63) is 28.8 Å². The van der Waals surface area contributed by atoms with Crippen LogP contribution in [0, 0.1) is 20.8 Å². The molecule has 0 bridgehead atoms. The van der Waals surface area contributed by atoms with Gasteiger partial charge in [-0.25, -0.2) is 0 Å². The Bertz CT molecular complexity index is 312. The maximum atomic E-state index is 2.53. The lowest BCUT2D eigenvalue weighted by Gasteiger charge is -2.23. The molecule has 0 N–H and O–H groups in total. The lowest BCUT2D eigenvalue weighted by molar-refractivity contribution is 0.949. The molecule has 0 atom stereocenters. The lowest BCUT2D eigenvalue weighted by Crippen LogP contribution is -2.19. The number of benzene rings is 1. The monoisotopic (exact) mass is 189 g/mol. The normalized spacial score (nSPS) is 16.4. The minimum atomic E-state index is 1.24. The number of nitrogens with zero attached hydrogens (tertiary/aromatic N) is 1. The average Bonchev–Trinajstić information content (AvgIpc) is 2.54. The fourth-order valence-electron chi connectivity index (χ4n) is 2.61. The third kappa shape index (κ3) is 1.63. The van der Waals surface area contributed by atoms with Crippen molar-refractivity contribution in [2.24, 2.45) is 0 Å². The van der Waals surface area contributed by atoms with Crippen molar-refractivity contribution in [3.63, 3.8) is 0 Å². The van der Waals surface area contributed by atoms with Crippen molar-refractivity contribution in [1.82, 2.24) is 0 Å². The molecule has 14 heavy (non-hydrogen) atoms. The van der Waals surface area contributed by atoms with E-state index in [0.29, 0.717) is 0 Å². The van der Waals surface area contributed by atoms with Crippen molar-refractivity contribution in [2.45, 2.75) is 33.6 Å². The van der Waals surface area contributed by atoms with Crippen molar-refractivity contribution in [2.75, 3.05) is 18.0 Å². The summed E-state index contributed by atoms with van der Waals surface area (Å²) in [5.41, 5.74) is 5.73. The summed E-state index contributed by atoms with van der Waals surface area (Å²) in [4.78, 5) is 2.53. The largest absolute Gasteiger partial charge is 0.371 e. The first-order chi connectivity index (χ1) is 6.68. The quantitative estimate of drug-likeness (QED) is 0.655. The molecule has 0 unspecified atom stereocenters. The topological polar surface area (TPSA) is 3.24 Å². The van der Waals surface area contributed by atoms with Gasteiger partial charge in [-0.15, -0.1) is 0 Å². The molecule has 76 valence electrons. The minimum Gasteiger partial charge on any atom is -0.371 e. The van der Waals surface area contributed by atoms with E-state index in [0.717, 1.165) is 0 Å². The number of hydrogen-bond acceptors (Lipinski definition) is 1. The molecule has 2 rings (SSSR count). The molecule has 0 spiro atoms. The Morgan fingerprint density at radius 3 is 1.93 bits per heavy atom. The molecule has 1 nitrogen and oxygen atoms in total. The van der Waals surface area contributed by atoms with Gasteiger partial charge in [0.25, 0.3) is 0 Å². The van der Waals surface area contributed by atoms with Gasteiger partial charge in [0.15, 0.2) is 0 Å². The first-order valence-corrected chi connectivity index (χ1v) is 5.51. The molecular weight excluding hydrogens is 170 g/mol. The van der Waals surface area contributed by atoms with E-state index in [9.17, 15) is 0 Å². The molecule has 1 heteroatoms. The molecule has 1 fully saturated rings. The van der Waals surface area contributed by atoms with E-state index in [-0.39, 0.29) is 0 Å². The van der Waals surface area contributed by atoms with Crippen LogP contribution in [0.3, 0.4) is 0 Å². The van der Waals surface area contributed by atoms with Gasteiger partial charge in [-0.2, -0.15) is 0 Å². The Morgan fingerprint density at radius 2 is 1.43 bits per heavy atom. The van der Waals surface area contributed by atoms with Crippen LogP contribution in [0.2, 0.25) is 0 Å². The van der Waals surface area contributed by atoms with Crippen molar-refractivity contribution >= 4 is 5.69 Å². The van der Waals surface area contributed by atoms with Gasteiger partial charge in [0, 0.05) is 18.8 Å². The van der Waals surface area contributed by atoms with Crippen LogP contribution >= 0.6 is 0 Å². The van der Waals surface area contributed by atoms with Crippen molar-refractivity contribution in [3.8, 4) is 0 Å². The molecule has 1 aromatic rings. The van der Waals surface area contributed by atoms with E-state index < -0.39 is 0 Å². The van der Waals surface area contributed by atoms with Crippen LogP contribution in [-0.4, -0.2) is 13.1 Å². The van der Waals surface area contributed by atoms with Gasteiger partial charge < -0.3 is 4.90 Å². The molecule has 0 amide bonds. The van der Waals surface area contributed by atoms with Crippen molar-refractivity contribution in [1.29, 1.82) is 0 Å². The number of hydrogen-bond donors (Lipinski definition) is 0. The molecule has 1 heterocycles. The first kappa shape index (κ1) is 9.57. The van der Waals surface area contributed by atoms with Crippen LogP contribution in [0.5, 0.6) is 0 Å². The highest BCUT2D eigenvalue weighted by molar-refractivity contribution is 5.60. The summed E-state index contributed by atoms with van der Waals surface area (Å²) in [7, 11) is 0. The van der Waals surface area contributed by atoms with E-state index in [2.05, 4.69) is 37.8 Å². The van der Waals surface area contributed by atoms with Crippen LogP contribution in [0.25, 0.3) is 0 Å². The zero-order chi connectivity index (χ0) is 10.1. The average molecular weight is 189 g/mol. The standard InChI is InChI=1S/C13H19N/c1-10-8-11(2)13(12(3)9-10)14-6-4-5-7-14/h8-9H,4-7H2,1-3H3. The summed E-state index contributed by atoms with van der Waals surface area (Å²) >= 11 is 0. The second kappa shape index (κ2) is 3.64. The van der Waals surface area contributed by atoms with Gasteiger partial charge in [0.05, 0.1) is 0 Å². The highest BCUT2D eigenvalue weighted by atomic mass is 15.1. The molecule has 1 aliphatic heterocycles. The van der Waals surface area contributed by atoms with Gasteiger partial charge in [-0.1, -0.05) is 17.7 Å². The Morgan fingerprint density at radius 1 is 0.929 bits per heavy atom. The van der Waals surface area contributed by atoms with E-state index in [4.69, 9.17) is 0 Å². The summed E-state index contributed by atoms with van der Waals surface area (Å²) in [6, 6.07) is 4.58. The second-order valence-electron chi connectivity index (χ2n) is 4.44. The van der Waals surface area contributed by atoms with E-state index >= 15 is 0 Å². The molecule has 0 aliphatic carbocycles. The van der Waals surface area contributed by atoms with Crippen LogP contribution in [0.4, 0.5) is 5.69 Å². The maximum Gasteiger partial charge on any atom is 0.0425 e. The van der Waals surface area contributed by atoms with E-state index in [1.807, 2.05) is 0 Å². The molecule has 0 saturated carbocycles. The smallest absolute Gasteiger partial charge is 0.0425 e. The molecule has 0 radical (unpaired) electrons. The lowest BCUT2D eigenvalue weighted by atomic mass is 10.0. The molecular formula is C13H19N. The second-order valence-corrected chi connectivity index (χ2v) is 4.44. The molecule has 1 aromatic carbocycles. The predicted molar refractivity (Wildman–Crippen MR) is 62.1 cm³/mol. The van der Waals surface area contributed by atoms with Crippen LogP contribution in [0.1, 0.15) is 29.5 Å². The summed E-state index contributed by atoms with van der Waals surface area (Å²) in [5.74, 6) is 0. The maximum absolute atomic E-state index is 2.53. The number of rotatable bonds is 1. The van der Waals surface area contributed by atoms with Gasteiger partial charge in [0.2, 0.25) is 0 Å². The summed E-state index contributed by atoms with van der Waals surface area (Å²) in [6.07, 6.45) is 2.71. The SMILES string of the molecule is Cc1cc(C)c(N2CCCC2)c(C)c1. The number of anilines is 1. The highest BCUT2D eigenvalue weighted by Crippen LogP contribution is 2.28. The third-order valence-electron chi connectivity index (χ3n) is 3.06. The first-order valence-electron chi connectivity index (χ1n) is 5.51. The van der Waals surface area contributed by atoms with Gasteiger partial charge in [-0.05, 0) is 44.7 Å². The number of aryl methyl sites for hydroxylation is 3. The Kier molecular flexibility index (Phi) is 2.49.